The molecule has 0 saturated heterocycles. The molecule has 0 heterocycles. The molecule has 3 N–H and O–H groups in total. The highest BCUT2D eigenvalue weighted by Crippen LogP contribution is 2.22. The van der Waals surface area contributed by atoms with Gasteiger partial charge in [-0.3, -0.25) is 4.79 Å². The second kappa shape index (κ2) is 6.86. The molecule has 0 aliphatic rings. The van der Waals surface area contributed by atoms with Crippen molar-refractivity contribution >= 4 is 29.2 Å². The van der Waals surface area contributed by atoms with Gasteiger partial charge in [-0.15, -0.1) is 0 Å². The zero-order chi connectivity index (χ0) is 13.5. The van der Waals surface area contributed by atoms with Gasteiger partial charge in [0.15, 0.2) is 0 Å². The molecule has 0 aliphatic heterocycles. The summed E-state index contributed by atoms with van der Waals surface area (Å²) in [7, 11) is 1.55. The van der Waals surface area contributed by atoms with E-state index < -0.39 is 5.97 Å². The van der Waals surface area contributed by atoms with Crippen LogP contribution in [0.1, 0.15) is 23.2 Å². The van der Waals surface area contributed by atoms with E-state index in [2.05, 4.69) is 5.32 Å². The number of benzene rings is 1. The van der Waals surface area contributed by atoms with E-state index in [1.165, 1.54) is 0 Å². The Kier molecular flexibility index (Phi) is 5.45. The Morgan fingerprint density at radius 3 is 2.78 bits per heavy atom. The number of hydrogen-bond acceptors (Lipinski definition) is 4. The van der Waals surface area contributed by atoms with E-state index in [0.717, 1.165) is 0 Å². The van der Waals surface area contributed by atoms with E-state index in [-0.39, 0.29) is 28.8 Å². The maximum Gasteiger partial charge on any atom is 0.341 e. The average molecular weight is 271 g/mol. The summed E-state index contributed by atoms with van der Waals surface area (Å²) in [6.07, 6.45) is 0.761. The van der Waals surface area contributed by atoms with Crippen LogP contribution >= 0.6 is 11.6 Å². The van der Waals surface area contributed by atoms with E-state index in [0.29, 0.717) is 12.8 Å². The monoisotopic (exact) mass is 270 g/mol. The van der Waals surface area contributed by atoms with Gasteiger partial charge in [-0.1, -0.05) is 17.7 Å². The first-order valence-electron chi connectivity index (χ1n) is 5.48. The Labute approximate surface area is 110 Å². The van der Waals surface area contributed by atoms with Crippen LogP contribution in [0.4, 0.5) is 5.69 Å². The lowest BCUT2D eigenvalue weighted by Gasteiger charge is -2.08. The number of hydrogen-bond donors (Lipinski definition) is 2. The molecule has 0 spiro atoms. The van der Waals surface area contributed by atoms with E-state index in [1.807, 2.05) is 0 Å². The topological polar surface area (TPSA) is 81.4 Å². The van der Waals surface area contributed by atoms with E-state index in [4.69, 9.17) is 22.1 Å². The molecule has 1 aromatic carbocycles. The molecule has 1 rings (SSSR count). The second-order valence-corrected chi connectivity index (χ2v) is 4.02. The summed E-state index contributed by atoms with van der Waals surface area (Å²) in [4.78, 5) is 22.7. The van der Waals surface area contributed by atoms with Crippen LogP contribution in [0.5, 0.6) is 0 Å². The smallest absolute Gasteiger partial charge is 0.341 e. The highest BCUT2D eigenvalue weighted by atomic mass is 35.5. The lowest BCUT2D eigenvalue weighted by Crippen LogP contribution is -2.18. The molecule has 0 atom stereocenters. The standard InChI is InChI=1S/C12H15ClN2O3/c1-15-10(16)6-3-7-18-12(17)11-8(13)4-2-5-9(11)14/h2,4-5H,3,6-7,14H2,1H3,(H,15,16). The predicted octanol–water partition coefficient (Wildman–Crippen LogP) is 1.61. The molecule has 1 aromatic rings. The zero-order valence-corrected chi connectivity index (χ0v) is 10.8. The van der Waals surface area contributed by atoms with Crippen molar-refractivity contribution in [2.24, 2.45) is 0 Å². The third-order valence-corrected chi connectivity index (χ3v) is 2.63. The lowest BCUT2D eigenvalue weighted by atomic mass is 10.2. The fourth-order valence-electron chi connectivity index (χ4n) is 1.35. The van der Waals surface area contributed by atoms with Gasteiger partial charge in [-0.2, -0.15) is 0 Å². The number of amides is 1. The molecular weight excluding hydrogens is 256 g/mol. The van der Waals surface area contributed by atoms with Crippen LogP contribution in [-0.2, 0) is 9.53 Å². The minimum atomic E-state index is -0.574. The molecule has 1 amide bonds. The van der Waals surface area contributed by atoms with Gasteiger partial charge in [-0.25, -0.2) is 4.79 Å². The quantitative estimate of drug-likeness (QED) is 0.484. The van der Waals surface area contributed by atoms with Gasteiger partial charge >= 0.3 is 5.97 Å². The molecule has 0 unspecified atom stereocenters. The summed E-state index contributed by atoms with van der Waals surface area (Å²) in [6.45, 7) is 0.150. The van der Waals surface area contributed by atoms with Gasteiger partial charge in [-0.05, 0) is 18.6 Å². The van der Waals surface area contributed by atoms with Crippen molar-refractivity contribution in [3.63, 3.8) is 0 Å². The van der Waals surface area contributed by atoms with Crippen molar-refractivity contribution in [3.8, 4) is 0 Å². The summed E-state index contributed by atoms with van der Waals surface area (Å²) in [6, 6.07) is 4.80. The third-order valence-electron chi connectivity index (χ3n) is 2.31. The van der Waals surface area contributed by atoms with Crippen molar-refractivity contribution < 1.29 is 14.3 Å². The van der Waals surface area contributed by atoms with Crippen LogP contribution in [0.3, 0.4) is 0 Å². The fraction of sp³-hybridized carbons (Fsp3) is 0.333. The number of nitrogen functional groups attached to an aromatic ring is 1. The first-order chi connectivity index (χ1) is 8.56. The minimum absolute atomic E-state index is 0.0942. The van der Waals surface area contributed by atoms with Gasteiger partial charge in [0.1, 0.15) is 5.56 Å². The number of halogens is 1. The molecule has 0 radical (unpaired) electrons. The number of esters is 1. The SMILES string of the molecule is CNC(=O)CCCOC(=O)c1c(N)cccc1Cl. The van der Waals surface area contributed by atoms with Crippen LogP contribution in [0.25, 0.3) is 0 Å². The van der Waals surface area contributed by atoms with E-state index in [9.17, 15) is 9.59 Å². The van der Waals surface area contributed by atoms with Gasteiger partial charge in [0, 0.05) is 19.2 Å². The number of carbonyl (C=O) groups excluding carboxylic acids is 2. The Morgan fingerprint density at radius 1 is 1.44 bits per heavy atom. The Morgan fingerprint density at radius 2 is 2.17 bits per heavy atom. The molecule has 0 saturated carbocycles. The zero-order valence-electron chi connectivity index (χ0n) is 10.0. The number of rotatable bonds is 5. The Hall–Kier alpha value is -1.75. The first kappa shape index (κ1) is 14.3. The fourth-order valence-corrected chi connectivity index (χ4v) is 1.61. The third kappa shape index (κ3) is 3.92. The van der Waals surface area contributed by atoms with Crippen LogP contribution in [-0.4, -0.2) is 25.5 Å². The van der Waals surface area contributed by atoms with Crippen molar-refractivity contribution in [2.75, 3.05) is 19.4 Å². The van der Waals surface area contributed by atoms with Crippen LogP contribution in [0.2, 0.25) is 5.02 Å². The van der Waals surface area contributed by atoms with Gasteiger partial charge in [0.25, 0.3) is 0 Å². The molecule has 0 aromatic heterocycles. The highest BCUT2D eigenvalue weighted by Gasteiger charge is 2.15. The second-order valence-electron chi connectivity index (χ2n) is 3.62. The number of anilines is 1. The molecule has 98 valence electrons. The first-order valence-corrected chi connectivity index (χ1v) is 5.85. The summed E-state index contributed by atoms with van der Waals surface area (Å²) < 4.78 is 5.00. The Balaban J connectivity index is 2.49. The van der Waals surface area contributed by atoms with Crippen LogP contribution in [0, 0.1) is 0 Å². The van der Waals surface area contributed by atoms with Crippen molar-refractivity contribution in [1.82, 2.24) is 5.32 Å². The predicted molar refractivity (Wildman–Crippen MR) is 69.4 cm³/mol. The molecule has 0 fully saturated rings. The van der Waals surface area contributed by atoms with Crippen molar-refractivity contribution in [3.05, 3.63) is 28.8 Å². The molecule has 0 aliphatic carbocycles. The van der Waals surface area contributed by atoms with E-state index >= 15 is 0 Å². The van der Waals surface area contributed by atoms with Crippen LogP contribution < -0.4 is 11.1 Å². The number of ether oxygens (including phenoxy) is 1. The summed E-state index contributed by atoms with van der Waals surface area (Å²) >= 11 is 5.87. The highest BCUT2D eigenvalue weighted by molar-refractivity contribution is 6.34. The number of nitrogens with two attached hydrogens (primary N) is 1. The molecular formula is C12H15ClN2O3. The molecule has 5 nitrogen and oxygen atoms in total. The minimum Gasteiger partial charge on any atom is -0.462 e. The van der Waals surface area contributed by atoms with Crippen molar-refractivity contribution in [1.29, 1.82) is 0 Å². The normalized spacial score (nSPS) is 9.89. The van der Waals surface area contributed by atoms with Gasteiger partial charge in [0.05, 0.1) is 11.6 Å². The molecule has 18 heavy (non-hydrogen) atoms. The van der Waals surface area contributed by atoms with E-state index in [1.54, 1.807) is 25.2 Å². The maximum absolute atomic E-state index is 11.7. The maximum atomic E-state index is 11.7. The van der Waals surface area contributed by atoms with Gasteiger partial charge < -0.3 is 15.8 Å². The number of carbonyl (C=O) groups is 2. The molecule has 0 bridgehead atoms. The lowest BCUT2D eigenvalue weighted by molar-refractivity contribution is -0.120. The summed E-state index contributed by atoms with van der Waals surface area (Å²) in [5, 5.41) is 2.74. The average Bonchev–Trinajstić information content (AvgIpc) is 2.34. The van der Waals surface area contributed by atoms with Crippen molar-refractivity contribution in [2.45, 2.75) is 12.8 Å². The largest absolute Gasteiger partial charge is 0.462 e. The Bertz CT molecular complexity index is 429. The molecule has 6 heteroatoms. The summed E-state index contributed by atoms with van der Waals surface area (Å²) in [5.41, 5.74) is 6.09. The van der Waals surface area contributed by atoms with Crippen LogP contribution in [0.15, 0.2) is 18.2 Å². The van der Waals surface area contributed by atoms with Gasteiger partial charge in [0.2, 0.25) is 5.91 Å². The summed E-state index contributed by atoms with van der Waals surface area (Å²) in [5.74, 6) is -0.668. The number of nitrogens with one attached hydrogen (secondary N) is 1.